The van der Waals surface area contributed by atoms with Crippen molar-refractivity contribution in [2.24, 2.45) is 11.8 Å². The normalized spacial score (nSPS) is 23.3. The molecule has 34 heavy (non-hydrogen) atoms. The first kappa shape index (κ1) is 24.7. The van der Waals surface area contributed by atoms with E-state index in [9.17, 15) is 18.8 Å². The second kappa shape index (κ2) is 10.0. The maximum absolute atomic E-state index is 13.6. The maximum Gasteiger partial charge on any atom is 0.247 e. The molecule has 1 aliphatic carbocycles. The van der Waals surface area contributed by atoms with E-state index in [1.54, 1.807) is 37.3 Å². The van der Waals surface area contributed by atoms with E-state index in [0.717, 1.165) is 23.6 Å². The summed E-state index contributed by atoms with van der Waals surface area (Å²) in [6, 6.07) is 13.9. The lowest BCUT2D eigenvalue weighted by Gasteiger charge is -2.37. The Morgan fingerprint density at radius 2 is 1.94 bits per heavy atom. The fourth-order valence-corrected chi connectivity index (χ4v) is 6.34. The van der Waals surface area contributed by atoms with E-state index < -0.39 is 16.1 Å². The van der Waals surface area contributed by atoms with Crippen LogP contribution in [0, 0.1) is 23.2 Å². The minimum absolute atomic E-state index is 0.0795. The number of aliphatic hydroxyl groups excluding tert-OH is 1. The average Bonchev–Trinajstić information content (AvgIpc) is 3.64. The molecular weight excluding hydrogens is 450 g/mol. The molecule has 3 atom stereocenters. The molecule has 0 bridgehead atoms. The molecule has 2 aromatic rings. The Bertz CT molecular complexity index is 1170. The van der Waals surface area contributed by atoms with E-state index >= 15 is 0 Å². The van der Waals surface area contributed by atoms with Gasteiger partial charge in [0.25, 0.3) is 0 Å². The second-order valence-electron chi connectivity index (χ2n) is 9.76. The van der Waals surface area contributed by atoms with Crippen molar-refractivity contribution in [1.29, 1.82) is 5.26 Å². The van der Waals surface area contributed by atoms with Gasteiger partial charge in [-0.1, -0.05) is 25.1 Å². The Morgan fingerprint density at radius 1 is 1.21 bits per heavy atom. The predicted octanol–water partition coefficient (Wildman–Crippen LogP) is 3.34. The van der Waals surface area contributed by atoms with Crippen LogP contribution < -0.4 is 4.74 Å². The Labute approximate surface area is 202 Å². The fraction of sp³-hybridized carbons (Fsp3) is 0.500. The molecular formula is C26H33N3O4S. The Balaban J connectivity index is 1.76. The molecule has 7 nitrogen and oxygen atoms in total. The second-order valence-corrected chi connectivity index (χ2v) is 11.6. The molecule has 0 unspecified atom stereocenters. The monoisotopic (exact) mass is 483 g/mol. The highest BCUT2D eigenvalue weighted by Gasteiger charge is 2.38. The van der Waals surface area contributed by atoms with Crippen molar-refractivity contribution < 1.29 is 18.3 Å². The van der Waals surface area contributed by atoms with Crippen LogP contribution in [-0.4, -0.2) is 68.2 Å². The number of fused-ring (bicyclic) bond motifs is 1. The molecule has 0 radical (unpaired) electrons. The topological polar surface area (TPSA) is 93.9 Å². The lowest BCUT2D eigenvalue weighted by molar-refractivity contribution is 0.0741. The first-order valence-electron chi connectivity index (χ1n) is 11.9. The summed E-state index contributed by atoms with van der Waals surface area (Å²) < 4.78 is 35.1. The molecule has 0 saturated heterocycles. The van der Waals surface area contributed by atoms with E-state index in [1.165, 1.54) is 17.1 Å². The predicted molar refractivity (Wildman–Crippen MR) is 131 cm³/mol. The van der Waals surface area contributed by atoms with E-state index in [2.05, 4.69) is 18.0 Å². The van der Waals surface area contributed by atoms with Crippen molar-refractivity contribution in [3.63, 3.8) is 0 Å². The summed E-state index contributed by atoms with van der Waals surface area (Å²) in [7, 11) is -1.79. The molecule has 4 rings (SSSR count). The van der Waals surface area contributed by atoms with Gasteiger partial charge in [-0.15, -0.1) is 0 Å². The van der Waals surface area contributed by atoms with Crippen molar-refractivity contribution in [2.75, 3.05) is 33.3 Å². The first-order valence-corrected chi connectivity index (χ1v) is 13.3. The minimum Gasteiger partial charge on any atom is -0.487 e. The van der Waals surface area contributed by atoms with E-state index in [0.29, 0.717) is 17.9 Å². The SMILES string of the molecule is C[C@@H]1CN([C@@H](C)CO)S(=O)(=O)c2ccc(-c3cccc(C#N)c3)cc2O[C@@H]1CN(C)CC1CC1. The van der Waals surface area contributed by atoms with Crippen LogP contribution in [0.4, 0.5) is 0 Å². The van der Waals surface area contributed by atoms with Crippen molar-refractivity contribution in [1.82, 2.24) is 9.21 Å². The molecule has 2 aromatic carbocycles. The Kier molecular flexibility index (Phi) is 7.29. The lowest BCUT2D eigenvalue weighted by Crippen LogP contribution is -2.49. The molecule has 1 saturated carbocycles. The molecule has 2 aliphatic rings. The molecule has 0 amide bonds. The van der Waals surface area contributed by atoms with Crippen LogP contribution in [0.25, 0.3) is 11.1 Å². The van der Waals surface area contributed by atoms with Crippen LogP contribution in [0.1, 0.15) is 32.3 Å². The summed E-state index contributed by atoms with van der Waals surface area (Å²) in [4.78, 5) is 2.38. The summed E-state index contributed by atoms with van der Waals surface area (Å²) in [6.07, 6.45) is 2.31. The Morgan fingerprint density at radius 3 is 2.62 bits per heavy atom. The number of benzene rings is 2. The molecule has 1 aliphatic heterocycles. The molecule has 1 N–H and O–H groups in total. The van der Waals surface area contributed by atoms with Gasteiger partial charge in [-0.3, -0.25) is 0 Å². The van der Waals surface area contributed by atoms with Crippen LogP contribution in [0.5, 0.6) is 5.75 Å². The first-order chi connectivity index (χ1) is 16.2. The zero-order chi connectivity index (χ0) is 24.5. The third-order valence-electron chi connectivity index (χ3n) is 6.75. The van der Waals surface area contributed by atoms with Gasteiger partial charge < -0.3 is 14.7 Å². The lowest BCUT2D eigenvalue weighted by atomic mass is 10.0. The molecule has 182 valence electrons. The van der Waals surface area contributed by atoms with Crippen molar-refractivity contribution in [3.05, 3.63) is 48.0 Å². The van der Waals surface area contributed by atoms with Gasteiger partial charge in [0.1, 0.15) is 16.7 Å². The van der Waals surface area contributed by atoms with Crippen LogP contribution >= 0.6 is 0 Å². The van der Waals surface area contributed by atoms with E-state index in [4.69, 9.17) is 4.74 Å². The van der Waals surface area contributed by atoms with Gasteiger partial charge >= 0.3 is 0 Å². The van der Waals surface area contributed by atoms with E-state index in [-0.39, 0.29) is 30.1 Å². The number of rotatable bonds is 7. The van der Waals surface area contributed by atoms with Crippen LogP contribution in [0.3, 0.4) is 0 Å². The zero-order valence-electron chi connectivity index (χ0n) is 20.0. The van der Waals surface area contributed by atoms with Crippen LogP contribution in [0.2, 0.25) is 0 Å². The summed E-state index contributed by atoms with van der Waals surface area (Å²) >= 11 is 0. The highest BCUT2D eigenvalue weighted by molar-refractivity contribution is 7.89. The van der Waals surface area contributed by atoms with Gasteiger partial charge in [0.05, 0.1) is 18.2 Å². The number of sulfonamides is 1. The van der Waals surface area contributed by atoms with Crippen LogP contribution in [0.15, 0.2) is 47.4 Å². The smallest absolute Gasteiger partial charge is 0.247 e. The molecule has 1 fully saturated rings. The number of aliphatic hydroxyl groups is 1. The summed E-state index contributed by atoms with van der Waals surface area (Å²) in [5, 5.41) is 19.1. The molecule has 1 heterocycles. The Hall–Kier alpha value is -2.44. The third kappa shape index (κ3) is 5.28. The number of hydrogen-bond acceptors (Lipinski definition) is 6. The van der Waals surface area contributed by atoms with Crippen molar-refractivity contribution in [3.8, 4) is 22.9 Å². The molecule has 8 heteroatoms. The van der Waals surface area contributed by atoms with Crippen molar-refractivity contribution >= 4 is 10.0 Å². The number of likely N-dealkylation sites (N-methyl/N-ethyl adjacent to an activating group) is 1. The van der Waals surface area contributed by atoms with Crippen molar-refractivity contribution in [2.45, 2.75) is 43.7 Å². The quantitative estimate of drug-likeness (QED) is 0.649. The van der Waals surface area contributed by atoms with Crippen LogP contribution in [-0.2, 0) is 10.0 Å². The summed E-state index contributed by atoms with van der Waals surface area (Å²) in [5.74, 6) is 0.974. The number of nitriles is 1. The third-order valence-corrected chi connectivity index (χ3v) is 8.77. The zero-order valence-corrected chi connectivity index (χ0v) is 20.8. The summed E-state index contributed by atoms with van der Waals surface area (Å²) in [6.45, 7) is 5.45. The standard InChI is InChI=1S/C26H33N3O4S/c1-18-14-29(19(2)17-30)34(31,32)26-10-9-23(22-6-4-5-21(11-22)13-27)12-24(26)33-25(18)16-28(3)15-20-7-8-20/h4-6,9-12,18-20,25,30H,7-8,14-17H2,1-3H3/t18-,19+,25-/m1/s1. The van der Waals surface area contributed by atoms with E-state index in [1.807, 2.05) is 19.1 Å². The number of ether oxygens (including phenoxy) is 1. The number of nitrogens with zero attached hydrogens (tertiary/aromatic N) is 3. The number of hydrogen-bond donors (Lipinski definition) is 1. The van der Waals surface area contributed by atoms with Gasteiger partial charge in [-0.05, 0) is 68.1 Å². The van der Waals surface area contributed by atoms with Gasteiger partial charge in [0.2, 0.25) is 10.0 Å². The van der Waals surface area contributed by atoms with Gasteiger partial charge in [0, 0.05) is 31.6 Å². The highest BCUT2D eigenvalue weighted by atomic mass is 32.2. The van der Waals surface area contributed by atoms with Gasteiger partial charge in [0.15, 0.2) is 0 Å². The highest BCUT2D eigenvalue weighted by Crippen LogP contribution is 2.37. The molecule has 0 aromatic heterocycles. The fourth-order valence-electron chi connectivity index (χ4n) is 4.51. The maximum atomic E-state index is 13.6. The largest absolute Gasteiger partial charge is 0.487 e. The average molecular weight is 484 g/mol. The summed E-state index contributed by atoms with van der Waals surface area (Å²) in [5.41, 5.74) is 2.14. The minimum atomic E-state index is -3.88. The molecule has 0 spiro atoms. The van der Waals surface area contributed by atoms with Gasteiger partial charge in [-0.2, -0.15) is 9.57 Å². The van der Waals surface area contributed by atoms with Gasteiger partial charge in [-0.25, -0.2) is 8.42 Å².